The number of anilines is 2. The fraction of sp³-hybridized carbons (Fsp3) is 0.294. The van der Waals surface area contributed by atoms with Gasteiger partial charge in [-0.15, -0.1) is 0 Å². The molecule has 0 fully saturated rings. The van der Waals surface area contributed by atoms with Gasteiger partial charge in [-0.3, -0.25) is 0 Å². The molecular formula is C17H19ClN2. The van der Waals surface area contributed by atoms with Crippen LogP contribution in [0.15, 0.2) is 42.5 Å². The number of para-hydroxylation sites is 1. The lowest BCUT2D eigenvalue weighted by molar-refractivity contribution is 0.838. The van der Waals surface area contributed by atoms with E-state index in [1.807, 2.05) is 12.1 Å². The summed E-state index contributed by atoms with van der Waals surface area (Å²) in [4.78, 5) is 2.45. The third-order valence-electron chi connectivity index (χ3n) is 3.88. The molecule has 1 aliphatic rings. The highest BCUT2D eigenvalue weighted by Crippen LogP contribution is 2.27. The lowest BCUT2D eigenvalue weighted by Crippen LogP contribution is -2.27. The maximum atomic E-state index is 6.04. The second-order valence-corrected chi connectivity index (χ2v) is 5.69. The largest absolute Gasteiger partial charge is 0.383 e. The van der Waals surface area contributed by atoms with E-state index in [-0.39, 0.29) is 0 Å². The van der Waals surface area contributed by atoms with Crippen LogP contribution in [-0.4, -0.2) is 19.6 Å². The van der Waals surface area contributed by atoms with Gasteiger partial charge in [-0.05, 0) is 42.7 Å². The molecule has 2 aromatic carbocycles. The van der Waals surface area contributed by atoms with Gasteiger partial charge in [-0.2, -0.15) is 0 Å². The summed E-state index contributed by atoms with van der Waals surface area (Å²) < 4.78 is 0. The van der Waals surface area contributed by atoms with Crippen molar-refractivity contribution >= 4 is 23.0 Å². The fourth-order valence-electron chi connectivity index (χ4n) is 2.75. The first-order valence-electron chi connectivity index (χ1n) is 7.07. The van der Waals surface area contributed by atoms with Gasteiger partial charge in [0.25, 0.3) is 0 Å². The first-order valence-corrected chi connectivity index (χ1v) is 7.45. The molecule has 1 N–H and O–H groups in total. The Labute approximate surface area is 125 Å². The number of nitrogens with one attached hydrogen (secondary N) is 1. The molecule has 1 aliphatic heterocycles. The number of hydrogen-bond donors (Lipinski definition) is 1. The molecule has 0 spiro atoms. The van der Waals surface area contributed by atoms with Crippen molar-refractivity contribution in [1.82, 2.24) is 0 Å². The molecule has 0 unspecified atom stereocenters. The van der Waals surface area contributed by atoms with Crippen molar-refractivity contribution in [2.24, 2.45) is 0 Å². The van der Waals surface area contributed by atoms with Crippen LogP contribution < -0.4 is 10.2 Å². The number of fused-ring (bicyclic) bond motifs is 1. The summed E-state index contributed by atoms with van der Waals surface area (Å²) in [7, 11) is 0. The minimum absolute atomic E-state index is 0.782. The van der Waals surface area contributed by atoms with Crippen LogP contribution in [0.25, 0.3) is 0 Å². The van der Waals surface area contributed by atoms with Crippen molar-refractivity contribution in [2.75, 3.05) is 29.9 Å². The highest BCUT2D eigenvalue weighted by Gasteiger charge is 2.17. The van der Waals surface area contributed by atoms with Gasteiger partial charge in [0.05, 0.1) is 0 Å². The lowest BCUT2D eigenvalue weighted by Gasteiger charge is -2.20. The highest BCUT2D eigenvalue weighted by molar-refractivity contribution is 6.30. The fourth-order valence-corrected chi connectivity index (χ4v) is 2.92. The maximum absolute atomic E-state index is 6.04. The van der Waals surface area contributed by atoms with Crippen molar-refractivity contribution in [3.8, 4) is 0 Å². The molecule has 3 heteroatoms. The Balaban J connectivity index is 1.60. The molecule has 0 aliphatic carbocycles. The average Bonchev–Trinajstić information content (AvgIpc) is 2.86. The number of nitrogens with zero attached hydrogens (tertiary/aromatic N) is 1. The molecule has 104 valence electrons. The summed E-state index contributed by atoms with van der Waals surface area (Å²) in [5.74, 6) is 0. The molecule has 0 radical (unpaired) electrons. The van der Waals surface area contributed by atoms with Crippen molar-refractivity contribution in [1.29, 1.82) is 0 Å². The van der Waals surface area contributed by atoms with Crippen LogP contribution >= 0.6 is 11.6 Å². The topological polar surface area (TPSA) is 15.3 Å². The van der Waals surface area contributed by atoms with Crippen molar-refractivity contribution in [3.63, 3.8) is 0 Å². The highest BCUT2D eigenvalue weighted by atomic mass is 35.5. The van der Waals surface area contributed by atoms with Gasteiger partial charge >= 0.3 is 0 Å². The second-order valence-electron chi connectivity index (χ2n) is 5.25. The van der Waals surface area contributed by atoms with Gasteiger partial charge in [0.2, 0.25) is 0 Å². The van der Waals surface area contributed by atoms with Gasteiger partial charge in [0.1, 0.15) is 0 Å². The van der Waals surface area contributed by atoms with Crippen LogP contribution in [0.2, 0.25) is 5.02 Å². The molecule has 2 nitrogen and oxygen atoms in total. The van der Waals surface area contributed by atoms with E-state index in [1.165, 1.54) is 16.8 Å². The van der Waals surface area contributed by atoms with Crippen LogP contribution in [-0.2, 0) is 6.42 Å². The third-order valence-corrected chi connectivity index (χ3v) is 4.12. The molecule has 0 saturated heterocycles. The van der Waals surface area contributed by atoms with Gasteiger partial charge < -0.3 is 10.2 Å². The van der Waals surface area contributed by atoms with Crippen LogP contribution in [0.3, 0.4) is 0 Å². The number of hydrogen-bond acceptors (Lipinski definition) is 2. The Morgan fingerprint density at radius 2 is 2.05 bits per heavy atom. The van der Waals surface area contributed by atoms with E-state index in [0.717, 1.165) is 36.8 Å². The van der Waals surface area contributed by atoms with Crippen LogP contribution in [0.5, 0.6) is 0 Å². The molecule has 0 saturated carbocycles. The Kier molecular flexibility index (Phi) is 3.83. The average molecular weight is 287 g/mol. The quantitative estimate of drug-likeness (QED) is 0.909. The predicted molar refractivity (Wildman–Crippen MR) is 87.0 cm³/mol. The molecule has 3 rings (SSSR count). The van der Waals surface area contributed by atoms with Gasteiger partial charge in [0.15, 0.2) is 0 Å². The zero-order chi connectivity index (χ0) is 13.9. The smallest absolute Gasteiger partial charge is 0.0426 e. The van der Waals surface area contributed by atoms with E-state index in [4.69, 9.17) is 11.6 Å². The standard InChI is InChI=1S/C17H19ClN2/c1-13-6-7-15(18)12-16(13)19-9-11-20-10-8-14-4-2-3-5-17(14)20/h2-7,12,19H,8-11H2,1H3. The molecule has 2 aromatic rings. The van der Waals surface area contributed by atoms with Gasteiger partial charge in [0, 0.05) is 36.0 Å². The van der Waals surface area contributed by atoms with Crippen LogP contribution in [0.4, 0.5) is 11.4 Å². The summed E-state index contributed by atoms with van der Waals surface area (Å²) in [6.45, 7) is 5.16. The minimum atomic E-state index is 0.782. The van der Waals surface area contributed by atoms with Crippen LogP contribution in [0, 0.1) is 6.92 Å². The summed E-state index contributed by atoms with van der Waals surface area (Å²) in [6.07, 6.45) is 1.16. The van der Waals surface area contributed by atoms with Crippen molar-refractivity contribution in [3.05, 3.63) is 58.6 Å². The molecule has 0 amide bonds. The lowest BCUT2D eigenvalue weighted by atomic mass is 10.2. The van der Waals surface area contributed by atoms with Crippen LogP contribution in [0.1, 0.15) is 11.1 Å². The summed E-state index contributed by atoms with van der Waals surface area (Å²) >= 11 is 6.04. The Morgan fingerprint density at radius 3 is 2.95 bits per heavy atom. The molecule has 1 heterocycles. The number of rotatable bonds is 4. The number of halogens is 1. The Hall–Kier alpha value is -1.67. The van der Waals surface area contributed by atoms with E-state index in [1.54, 1.807) is 0 Å². The number of aryl methyl sites for hydroxylation is 1. The number of benzene rings is 2. The van der Waals surface area contributed by atoms with E-state index in [0.29, 0.717) is 0 Å². The van der Waals surface area contributed by atoms with E-state index >= 15 is 0 Å². The summed E-state index contributed by atoms with van der Waals surface area (Å²) in [5, 5.41) is 4.27. The maximum Gasteiger partial charge on any atom is 0.0426 e. The summed E-state index contributed by atoms with van der Waals surface area (Å²) in [5.41, 5.74) is 5.21. The molecule has 0 bridgehead atoms. The normalized spacial score (nSPS) is 13.4. The van der Waals surface area contributed by atoms with E-state index in [9.17, 15) is 0 Å². The monoisotopic (exact) mass is 286 g/mol. The second kappa shape index (κ2) is 5.76. The van der Waals surface area contributed by atoms with Gasteiger partial charge in [-0.1, -0.05) is 35.9 Å². The van der Waals surface area contributed by atoms with E-state index < -0.39 is 0 Å². The molecule has 0 atom stereocenters. The Morgan fingerprint density at radius 1 is 1.20 bits per heavy atom. The van der Waals surface area contributed by atoms with Crippen molar-refractivity contribution in [2.45, 2.75) is 13.3 Å². The first kappa shape index (κ1) is 13.3. The van der Waals surface area contributed by atoms with Gasteiger partial charge in [-0.25, -0.2) is 0 Å². The molecule has 20 heavy (non-hydrogen) atoms. The van der Waals surface area contributed by atoms with Crippen molar-refractivity contribution < 1.29 is 0 Å². The third kappa shape index (κ3) is 2.75. The zero-order valence-electron chi connectivity index (χ0n) is 11.7. The summed E-state index contributed by atoms with van der Waals surface area (Å²) in [6, 6.07) is 14.7. The van der Waals surface area contributed by atoms with E-state index in [2.05, 4.69) is 47.5 Å². The molecule has 0 aromatic heterocycles. The first-order chi connectivity index (χ1) is 9.74. The zero-order valence-corrected chi connectivity index (χ0v) is 12.5. The predicted octanol–water partition coefficient (Wildman–Crippen LogP) is 4.12. The SMILES string of the molecule is Cc1ccc(Cl)cc1NCCN1CCc2ccccc21. The Bertz CT molecular complexity index is 610. The minimum Gasteiger partial charge on any atom is -0.383 e. The molecular weight excluding hydrogens is 268 g/mol.